The lowest BCUT2D eigenvalue weighted by Gasteiger charge is -2.10. The van der Waals surface area contributed by atoms with Gasteiger partial charge < -0.3 is 19.8 Å². The Kier molecular flexibility index (Phi) is 14.4. The molecule has 0 amide bonds. The van der Waals surface area contributed by atoms with Crippen LogP contribution in [-0.2, 0) is 16.1 Å². The first kappa shape index (κ1) is 26.9. The number of oxazole rings is 1. The monoisotopic (exact) mass is 542 g/mol. The highest BCUT2D eigenvalue weighted by atomic mass is 127. The summed E-state index contributed by atoms with van der Waals surface area (Å²) >= 11 is 0. The molecule has 172 valence electrons. The van der Waals surface area contributed by atoms with Crippen LogP contribution in [0.5, 0.6) is 0 Å². The van der Waals surface area contributed by atoms with Crippen molar-refractivity contribution in [2.24, 2.45) is 4.99 Å². The number of rotatable bonds is 13. The van der Waals surface area contributed by atoms with Crippen LogP contribution in [0.3, 0.4) is 0 Å². The third kappa shape index (κ3) is 11.2. The van der Waals surface area contributed by atoms with Gasteiger partial charge in [-0.2, -0.15) is 0 Å². The summed E-state index contributed by atoms with van der Waals surface area (Å²) in [6.07, 6.45) is 7.45. The summed E-state index contributed by atoms with van der Waals surface area (Å²) in [6.45, 7) is 6.46. The Morgan fingerprint density at radius 3 is 2.55 bits per heavy atom. The molecule has 2 rings (SSSR count). The minimum Gasteiger partial charge on any atom is -0.466 e. The summed E-state index contributed by atoms with van der Waals surface area (Å²) in [7, 11) is 0. The number of hydrogen-bond acceptors (Lipinski definition) is 5. The summed E-state index contributed by atoms with van der Waals surface area (Å²) < 4.78 is 10.5. The van der Waals surface area contributed by atoms with Gasteiger partial charge in [0, 0.05) is 25.1 Å². The van der Waals surface area contributed by atoms with E-state index in [0.29, 0.717) is 25.5 Å². The lowest BCUT2D eigenvalue weighted by Crippen LogP contribution is -2.37. The second-order valence-electron chi connectivity index (χ2n) is 6.95. The molecule has 7 nitrogen and oxygen atoms in total. The van der Waals surface area contributed by atoms with Crippen LogP contribution in [0.4, 0.5) is 0 Å². The van der Waals surface area contributed by atoms with Gasteiger partial charge in [-0.1, -0.05) is 37.5 Å². The maximum absolute atomic E-state index is 11.3. The molecular weight excluding hydrogens is 507 g/mol. The average Bonchev–Trinajstić information content (AvgIpc) is 3.23. The van der Waals surface area contributed by atoms with E-state index in [1.54, 1.807) is 6.26 Å². The van der Waals surface area contributed by atoms with Crippen molar-refractivity contribution in [1.29, 1.82) is 0 Å². The maximum Gasteiger partial charge on any atom is 0.305 e. The maximum atomic E-state index is 11.3. The van der Waals surface area contributed by atoms with E-state index in [1.165, 1.54) is 0 Å². The fourth-order valence-corrected chi connectivity index (χ4v) is 2.96. The molecule has 0 aliphatic carbocycles. The number of nitrogens with zero attached hydrogens (tertiary/aromatic N) is 2. The van der Waals surface area contributed by atoms with Gasteiger partial charge in [0.2, 0.25) is 5.89 Å². The number of carbonyl (C=O) groups excluding carboxylic acids is 1. The van der Waals surface area contributed by atoms with Crippen LogP contribution in [0.15, 0.2) is 46.0 Å². The van der Waals surface area contributed by atoms with Crippen LogP contribution in [0.25, 0.3) is 11.5 Å². The molecule has 2 aromatic rings. The van der Waals surface area contributed by atoms with Crippen LogP contribution >= 0.6 is 24.0 Å². The molecular formula is C23H35IN4O3. The quantitative estimate of drug-likeness (QED) is 0.123. The number of guanidine groups is 1. The van der Waals surface area contributed by atoms with Crippen LogP contribution in [-0.4, -0.2) is 36.6 Å². The topological polar surface area (TPSA) is 88.8 Å². The minimum absolute atomic E-state index is 0. The number of ether oxygens (including phenoxy) is 1. The van der Waals surface area contributed by atoms with E-state index in [1.807, 2.05) is 44.2 Å². The Labute approximate surface area is 202 Å². The summed E-state index contributed by atoms with van der Waals surface area (Å²) in [5.74, 6) is 1.31. The molecule has 0 unspecified atom stereocenters. The van der Waals surface area contributed by atoms with Gasteiger partial charge in [0.25, 0.3) is 0 Å². The fraction of sp³-hybridized carbons (Fsp3) is 0.522. The van der Waals surface area contributed by atoms with Gasteiger partial charge in [-0.25, -0.2) is 9.98 Å². The number of hydrogen-bond donors (Lipinski definition) is 2. The van der Waals surface area contributed by atoms with Gasteiger partial charge in [-0.15, -0.1) is 24.0 Å². The molecule has 0 saturated carbocycles. The Hall–Kier alpha value is -2.10. The fourth-order valence-electron chi connectivity index (χ4n) is 2.96. The van der Waals surface area contributed by atoms with Gasteiger partial charge in [0.1, 0.15) is 12.0 Å². The molecule has 2 N–H and O–H groups in total. The van der Waals surface area contributed by atoms with E-state index in [4.69, 9.17) is 9.15 Å². The van der Waals surface area contributed by atoms with E-state index in [9.17, 15) is 4.79 Å². The largest absolute Gasteiger partial charge is 0.466 e. The summed E-state index contributed by atoms with van der Waals surface area (Å²) in [6, 6.07) is 9.84. The number of halogens is 1. The zero-order chi connectivity index (χ0) is 21.4. The van der Waals surface area contributed by atoms with Gasteiger partial charge >= 0.3 is 5.97 Å². The summed E-state index contributed by atoms with van der Waals surface area (Å²) in [5, 5.41) is 6.62. The average molecular weight is 542 g/mol. The zero-order valence-corrected chi connectivity index (χ0v) is 20.9. The smallest absolute Gasteiger partial charge is 0.305 e. The molecule has 0 saturated heterocycles. The van der Waals surface area contributed by atoms with E-state index >= 15 is 0 Å². The first-order chi connectivity index (χ1) is 14.7. The number of aliphatic imine (C=N–C) groups is 1. The van der Waals surface area contributed by atoms with Crippen molar-refractivity contribution >= 4 is 35.9 Å². The Balaban J connectivity index is 0.00000480. The second-order valence-corrected chi connectivity index (χ2v) is 6.95. The molecule has 0 aliphatic rings. The van der Waals surface area contributed by atoms with Gasteiger partial charge in [0.15, 0.2) is 5.96 Å². The normalized spacial score (nSPS) is 11.0. The second kappa shape index (κ2) is 16.6. The predicted molar refractivity (Wildman–Crippen MR) is 135 cm³/mol. The molecule has 1 aromatic heterocycles. The van der Waals surface area contributed by atoms with Gasteiger partial charge in [0.05, 0.1) is 13.2 Å². The number of unbranched alkanes of at least 4 members (excludes halogenated alkanes) is 4. The third-order valence-corrected chi connectivity index (χ3v) is 4.47. The number of carbonyl (C=O) groups is 1. The molecule has 1 aromatic carbocycles. The standard InChI is InChI=1S/C23H34N4O3.HI/c1-3-24-23(25-16-12-7-5-6-11-15-21(28)29-4-2)26-17-20-18-30-22(27-20)19-13-9-8-10-14-19;/h8-10,13-14,18H,3-7,11-12,15-17H2,1-2H3,(H2,24,25,26);1H. The highest BCUT2D eigenvalue weighted by Gasteiger charge is 2.06. The van der Waals surface area contributed by atoms with Gasteiger partial charge in [-0.3, -0.25) is 4.79 Å². The first-order valence-electron chi connectivity index (χ1n) is 10.9. The Morgan fingerprint density at radius 2 is 1.81 bits per heavy atom. The van der Waals surface area contributed by atoms with Crippen LogP contribution < -0.4 is 10.6 Å². The molecule has 8 heteroatoms. The lowest BCUT2D eigenvalue weighted by atomic mass is 10.1. The highest BCUT2D eigenvalue weighted by molar-refractivity contribution is 14.0. The SMILES string of the molecule is CCNC(=NCc1coc(-c2ccccc2)n1)NCCCCCCCC(=O)OCC.I. The van der Waals surface area contributed by atoms with Crippen molar-refractivity contribution < 1.29 is 13.9 Å². The summed E-state index contributed by atoms with van der Waals surface area (Å²) in [5.41, 5.74) is 1.76. The lowest BCUT2D eigenvalue weighted by molar-refractivity contribution is -0.143. The number of nitrogens with one attached hydrogen (secondary N) is 2. The highest BCUT2D eigenvalue weighted by Crippen LogP contribution is 2.18. The molecule has 0 atom stereocenters. The molecule has 0 aliphatic heterocycles. The van der Waals surface area contributed by atoms with Crippen LogP contribution in [0.2, 0.25) is 0 Å². The van der Waals surface area contributed by atoms with Crippen molar-refractivity contribution in [3.63, 3.8) is 0 Å². The van der Waals surface area contributed by atoms with Crippen LogP contribution in [0, 0.1) is 0 Å². The van der Waals surface area contributed by atoms with E-state index in [2.05, 4.69) is 20.6 Å². The van der Waals surface area contributed by atoms with Crippen LogP contribution in [0.1, 0.15) is 58.1 Å². The molecule has 0 fully saturated rings. The molecule has 1 heterocycles. The third-order valence-electron chi connectivity index (χ3n) is 4.47. The number of esters is 1. The van der Waals surface area contributed by atoms with Crippen molar-refractivity contribution in [3.8, 4) is 11.5 Å². The van der Waals surface area contributed by atoms with Crippen molar-refractivity contribution in [1.82, 2.24) is 15.6 Å². The zero-order valence-electron chi connectivity index (χ0n) is 18.6. The Bertz CT molecular complexity index is 765. The van der Waals surface area contributed by atoms with E-state index in [-0.39, 0.29) is 29.9 Å². The molecule has 31 heavy (non-hydrogen) atoms. The Morgan fingerprint density at radius 1 is 1.06 bits per heavy atom. The number of benzene rings is 1. The van der Waals surface area contributed by atoms with Crippen molar-refractivity contribution in [3.05, 3.63) is 42.3 Å². The molecule has 0 bridgehead atoms. The number of aromatic nitrogens is 1. The first-order valence-corrected chi connectivity index (χ1v) is 10.9. The van der Waals surface area contributed by atoms with Gasteiger partial charge in [-0.05, 0) is 38.8 Å². The summed E-state index contributed by atoms with van der Waals surface area (Å²) in [4.78, 5) is 20.4. The van der Waals surface area contributed by atoms with E-state index < -0.39 is 0 Å². The minimum atomic E-state index is -0.0892. The predicted octanol–water partition coefficient (Wildman–Crippen LogP) is 4.92. The molecule has 0 radical (unpaired) electrons. The van der Waals surface area contributed by atoms with Crippen molar-refractivity contribution in [2.45, 2.75) is 58.9 Å². The van der Waals surface area contributed by atoms with Crippen molar-refractivity contribution in [2.75, 3.05) is 19.7 Å². The van der Waals surface area contributed by atoms with E-state index in [0.717, 1.165) is 62.4 Å². The molecule has 0 spiro atoms.